The zero-order valence-electron chi connectivity index (χ0n) is 16.3. The predicted octanol–water partition coefficient (Wildman–Crippen LogP) is 3.14. The number of halogens is 3. The van der Waals surface area contributed by atoms with E-state index in [0.29, 0.717) is 19.5 Å². The number of rotatable bonds is 6. The van der Waals surface area contributed by atoms with Crippen LogP contribution in [0.15, 0.2) is 30.3 Å². The number of aromatic amines is 1. The molecule has 1 aliphatic rings. The third-order valence-electron chi connectivity index (χ3n) is 4.87. The van der Waals surface area contributed by atoms with Gasteiger partial charge in [0.25, 0.3) is 5.91 Å². The molecule has 1 amide bonds. The van der Waals surface area contributed by atoms with Crippen molar-refractivity contribution in [2.75, 3.05) is 19.7 Å². The van der Waals surface area contributed by atoms with Crippen LogP contribution in [0.4, 0.5) is 13.2 Å². The molecule has 29 heavy (non-hydrogen) atoms. The Morgan fingerprint density at radius 1 is 1.34 bits per heavy atom. The average Bonchev–Trinajstić information content (AvgIpc) is 3.29. The molecule has 158 valence electrons. The highest BCUT2D eigenvalue weighted by Crippen LogP contribution is 2.31. The average molecular weight is 411 g/mol. The van der Waals surface area contributed by atoms with Crippen molar-refractivity contribution >= 4 is 5.91 Å². The van der Waals surface area contributed by atoms with Gasteiger partial charge in [-0.15, -0.1) is 0 Å². The highest BCUT2D eigenvalue weighted by Gasteiger charge is 2.35. The Kier molecular flexibility index (Phi) is 5.88. The van der Waals surface area contributed by atoms with Crippen molar-refractivity contribution in [3.63, 3.8) is 0 Å². The van der Waals surface area contributed by atoms with Crippen molar-refractivity contribution in [3.05, 3.63) is 47.3 Å². The first-order valence-corrected chi connectivity index (χ1v) is 9.40. The van der Waals surface area contributed by atoms with E-state index in [9.17, 15) is 23.1 Å². The summed E-state index contributed by atoms with van der Waals surface area (Å²) in [5.74, 6) is -0.0583. The van der Waals surface area contributed by atoms with Crippen molar-refractivity contribution in [1.29, 1.82) is 0 Å². The van der Waals surface area contributed by atoms with Crippen LogP contribution in [-0.2, 0) is 17.4 Å². The molecule has 2 N–H and O–H groups in total. The molecule has 1 aromatic heterocycles. The largest absolute Gasteiger partial charge is 0.493 e. The van der Waals surface area contributed by atoms with Gasteiger partial charge in [-0.3, -0.25) is 9.89 Å². The summed E-state index contributed by atoms with van der Waals surface area (Å²) in [7, 11) is 0. The van der Waals surface area contributed by atoms with Crippen molar-refractivity contribution in [2.24, 2.45) is 0 Å². The maximum absolute atomic E-state index is 12.7. The molecule has 1 saturated heterocycles. The maximum Gasteiger partial charge on any atom is 0.416 e. The van der Waals surface area contributed by atoms with Gasteiger partial charge in [0.1, 0.15) is 11.4 Å². The molecule has 1 aromatic carbocycles. The number of amides is 1. The van der Waals surface area contributed by atoms with Gasteiger partial charge < -0.3 is 14.7 Å². The summed E-state index contributed by atoms with van der Waals surface area (Å²) < 4.78 is 43.7. The van der Waals surface area contributed by atoms with E-state index in [2.05, 4.69) is 10.2 Å². The smallest absolute Gasteiger partial charge is 0.416 e. The first kappa shape index (κ1) is 21.2. The number of alkyl halides is 3. The van der Waals surface area contributed by atoms with Gasteiger partial charge in [0.15, 0.2) is 0 Å². The minimum absolute atomic E-state index is 0.0793. The lowest BCUT2D eigenvalue weighted by molar-refractivity contribution is -0.146. The molecule has 9 heteroatoms. The lowest BCUT2D eigenvalue weighted by atomic mass is 10.0. The Bertz CT molecular complexity index is 858. The second kappa shape index (κ2) is 8.06. The monoisotopic (exact) mass is 411 g/mol. The number of H-pyrrole nitrogens is 1. The van der Waals surface area contributed by atoms with E-state index in [-0.39, 0.29) is 24.2 Å². The summed E-state index contributed by atoms with van der Waals surface area (Å²) in [6.45, 7) is 4.21. The molecule has 1 atom stereocenters. The SMILES string of the molecule is CC(C)(O)C(=O)N1CC[C@@H](c2cc(CCOc3cccc(C(F)(F)F)c3)[nH]n2)C1. The highest BCUT2D eigenvalue weighted by atomic mass is 19.4. The van der Waals surface area contributed by atoms with Gasteiger partial charge in [0.2, 0.25) is 0 Å². The number of hydrogen-bond donors (Lipinski definition) is 2. The van der Waals surface area contributed by atoms with E-state index < -0.39 is 17.3 Å². The third-order valence-corrected chi connectivity index (χ3v) is 4.87. The molecule has 2 heterocycles. The van der Waals surface area contributed by atoms with E-state index in [4.69, 9.17) is 4.74 Å². The second-order valence-corrected chi connectivity index (χ2v) is 7.74. The second-order valence-electron chi connectivity index (χ2n) is 7.74. The summed E-state index contributed by atoms with van der Waals surface area (Å²) >= 11 is 0. The van der Waals surface area contributed by atoms with Gasteiger partial charge in [-0.25, -0.2) is 0 Å². The van der Waals surface area contributed by atoms with Gasteiger partial charge in [0, 0.05) is 31.1 Å². The highest BCUT2D eigenvalue weighted by molar-refractivity contribution is 5.84. The van der Waals surface area contributed by atoms with Crippen LogP contribution < -0.4 is 4.74 Å². The van der Waals surface area contributed by atoms with Crippen LogP contribution in [0.3, 0.4) is 0 Å². The topological polar surface area (TPSA) is 78.5 Å². The number of benzene rings is 1. The fraction of sp³-hybridized carbons (Fsp3) is 0.500. The number of likely N-dealkylation sites (tertiary alicyclic amines) is 1. The number of hydrogen-bond acceptors (Lipinski definition) is 4. The summed E-state index contributed by atoms with van der Waals surface area (Å²) in [5, 5.41) is 17.1. The Morgan fingerprint density at radius 2 is 2.10 bits per heavy atom. The minimum Gasteiger partial charge on any atom is -0.493 e. The standard InChI is InChI=1S/C20H24F3N3O3/c1-19(2,28)18(27)26-8-6-13(12-26)17-11-15(24-25-17)7-9-29-16-5-3-4-14(10-16)20(21,22)23/h3-5,10-11,13,28H,6-9,12H2,1-2H3,(H,24,25)/t13-/m1/s1. The number of nitrogens with zero attached hydrogens (tertiary/aromatic N) is 2. The lowest BCUT2D eigenvalue weighted by Gasteiger charge is -2.24. The molecule has 6 nitrogen and oxygen atoms in total. The number of carbonyl (C=O) groups excluding carboxylic acids is 1. The van der Waals surface area contributed by atoms with Crippen LogP contribution in [0.25, 0.3) is 0 Å². The van der Waals surface area contributed by atoms with Gasteiger partial charge in [0.05, 0.1) is 17.9 Å². The molecule has 3 rings (SSSR count). The van der Waals surface area contributed by atoms with E-state index in [1.54, 1.807) is 4.90 Å². The molecule has 0 radical (unpaired) electrons. The van der Waals surface area contributed by atoms with Crippen LogP contribution in [-0.4, -0.2) is 51.4 Å². The molecule has 0 bridgehead atoms. The maximum atomic E-state index is 12.7. The van der Waals surface area contributed by atoms with Crippen LogP contribution in [0.5, 0.6) is 5.75 Å². The molecule has 0 spiro atoms. The van der Waals surface area contributed by atoms with E-state index in [0.717, 1.165) is 29.9 Å². The molecule has 0 aliphatic carbocycles. The number of ether oxygens (including phenoxy) is 1. The summed E-state index contributed by atoms with van der Waals surface area (Å²) in [4.78, 5) is 13.8. The van der Waals surface area contributed by atoms with Crippen molar-refractivity contribution < 1.29 is 27.8 Å². The van der Waals surface area contributed by atoms with Crippen LogP contribution >= 0.6 is 0 Å². The number of nitrogens with one attached hydrogen (secondary N) is 1. The molecule has 2 aromatic rings. The fourth-order valence-corrected chi connectivity index (χ4v) is 3.33. The van der Waals surface area contributed by atoms with Gasteiger partial charge >= 0.3 is 6.18 Å². The van der Waals surface area contributed by atoms with Crippen molar-refractivity contribution in [2.45, 2.75) is 44.4 Å². The Morgan fingerprint density at radius 3 is 2.79 bits per heavy atom. The molecular formula is C20H24F3N3O3. The Labute approximate surface area is 166 Å². The quantitative estimate of drug-likeness (QED) is 0.766. The van der Waals surface area contributed by atoms with Gasteiger partial charge in [-0.1, -0.05) is 6.07 Å². The third kappa shape index (κ3) is 5.29. The molecule has 1 fully saturated rings. The van der Waals surface area contributed by atoms with Gasteiger partial charge in [-0.05, 0) is 44.5 Å². The summed E-state index contributed by atoms with van der Waals surface area (Å²) in [6, 6.07) is 6.67. The number of carbonyl (C=O) groups is 1. The Hall–Kier alpha value is -2.55. The number of aromatic nitrogens is 2. The number of aliphatic hydroxyl groups is 1. The first-order chi connectivity index (χ1) is 13.5. The van der Waals surface area contributed by atoms with Gasteiger partial charge in [-0.2, -0.15) is 18.3 Å². The fourth-order valence-electron chi connectivity index (χ4n) is 3.33. The van der Waals surface area contributed by atoms with Crippen molar-refractivity contribution in [3.8, 4) is 5.75 Å². The van der Waals surface area contributed by atoms with Crippen molar-refractivity contribution in [1.82, 2.24) is 15.1 Å². The summed E-state index contributed by atoms with van der Waals surface area (Å²) in [5.41, 5.74) is -0.513. The van der Waals surface area contributed by atoms with E-state index in [1.807, 2.05) is 6.07 Å². The van der Waals surface area contributed by atoms with Crippen LogP contribution in [0.1, 0.15) is 43.1 Å². The van der Waals surface area contributed by atoms with E-state index in [1.165, 1.54) is 26.0 Å². The zero-order chi connectivity index (χ0) is 21.2. The lowest BCUT2D eigenvalue weighted by Crippen LogP contribution is -2.43. The normalized spacial score (nSPS) is 17.6. The molecule has 0 unspecified atom stereocenters. The van der Waals surface area contributed by atoms with Crippen LogP contribution in [0, 0.1) is 0 Å². The molecule has 0 saturated carbocycles. The summed E-state index contributed by atoms with van der Waals surface area (Å²) in [6.07, 6.45) is -3.19. The minimum atomic E-state index is -4.40. The Balaban J connectivity index is 1.52. The molecule has 1 aliphatic heterocycles. The predicted molar refractivity (Wildman–Crippen MR) is 99.5 cm³/mol. The zero-order valence-corrected chi connectivity index (χ0v) is 16.3. The molecular weight excluding hydrogens is 387 g/mol. The first-order valence-electron chi connectivity index (χ1n) is 9.40. The van der Waals surface area contributed by atoms with E-state index >= 15 is 0 Å². The van der Waals surface area contributed by atoms with Crippen LogP contribution in [0.2, 0.25) is 0 Å².